The van der Waals surface area contributed by atoms with Gasteiger partial charge in [0.2, 0.25) is 5.95 Å². The van der Waals surface area contributed by atoms with Crippen molar-refractivity contribution in [2.75, 3.05) is 17.2 Å². The van der Waals surface area contributed by atoms with Crippen molar-refractivity contribution in [2.45, 2.75) is 32.2 Å². The van der Waals surface area contributed by atoms with E-state index in [4.69, 9.17) is 17.3 Å². The molecule has 2 heterocycles. The first kappa shape index (κ1) is 10.5. The zero-order chi connectivity index (χ0) is 10.8. The fourth-order valence-electron chi connectivity index (χ4n) is 2.01. The third-order valence-electron chi connectivity index (χ3n) is 2.80. The van der Waals surface area contributed by atoms with Crippen LogP contribution in [0.2, 0.25) is 5.15 Å². The topological polar surface area (TPSA) is 55.0 Å². The van der Waals surface area contributed by atoms with Gasteiger partial charge >= 0.3 is 0 Å². The Morgan fingerprint density at radius 3 is 2.93 bits per heavy atom. The lowest BCUT2D eigenvalue weighted by Gasteiger charge is -2.34. The fraction of sp³-hybridized carbons (Fsp3) is 0.600. The molecule has 0 saturated carbocycles. The number of nitrogens with zero attached hydrogens (tertiary/aromatic N) is 3. The van der Waals surface area contributed by atoms with E-state index >= 15 is 0 Å². The zero-order valence-corrected chi connectivity index (χ0v) is 9.54. The third kappa shape index (κ3) is 2.31. The van der Waals surface area contributed by atoms with Crippen molar-refractivity contribution >= 4 is 23.4 Å². The van der Waals surface area contributed by atoms with Crippen LogP contribution >= 0.6 is 11.6 Å². The molecule has 1 aromatic rings. The number of nitrogen functional groups attached to an aromatic ring is 1. The molecule has 1 unspecified atom stereocenters. The molecular weight excluding hydrogens is 212 g/mol. The Balaban J connectivity index is 2.27. The van der Waals surface area contributed by atoms with E-state index in [0.717, 1.165) is 12.4 Å². The van der Waals surface area contributed by atoms with Gasteiger partial charge in [-0.05, 0) is 26.2 Å². The van der Waals surface area contributed by atoms with E-state index in [9.17, 15) is 0 Å². The monoisotopic (exact) mass is 226 g/mol. The highest BCUT2D eigenvalue weighted by atomic mass is 35.5. The molecule has 1 saturated heterocycles. The van der Waals surface area contributed by atoms with Crippen LogP contribution < -0.4 is 10.6 Å². The van der Waals surface area contributed by atoms with Gasteiger partial charge in [-0.2, -0.15) is 4.98 Å². The highest BCUT2D eigenvalue weighted by Crippen LogP contribution is 2.24. The Hall–Kier alpha value is -1.03. The van der Waals surface area contributed by atoms with E-state index in [1.807, 2.05) is 0 Å². The summed E-state index contributed by atoms with van der Waals surface area (Å²) in [6.07, 6.45) is 3.68. The maximum atomic E-state index is 5.86. The zero-order valence-electron chi connectivity index (χ0n) is 8.78. The van der Waals surface area contributed by atoms with Crippen LogP contribution in [0.4, 0.5) is 11.8 Å². The molecule has 0 amide bonds. The van der Waals surface area contributed by atoms with Gasteiger partial charge in [0.25, 0.3) is 0 Å². The number of aromatic nitrogens is 2. The summed E-state index contributed by atoms with van der Waals surface area (Å²) >= 11 is 5.86. The molecule has 1 aliphatic heterocycles. The highest BCUT2D eigenvalue weighted by Gasteiger charge is 2.20. The van der Waals surface area contributed by atoms with Gasteiger partial charge in [-0.15, -0.1) is 0 Å². The van der Waals surface area contributed by atoms with Crippen molar-refractivity contribution in [3.8, 4) is 0 Å². The molecule has 1 fully saturated rings. The molecular formula is C10H15ClN4. The van der Waals surface area contributed by atoms with E-state index in [-0.39, 0.29) is 5.95 Å². The van der Waals surface area contributed by atoms with Gasteiger partial charge in [0.15, 0.2) is 0 Å². The Morgan fingerprint density at radius 1 is 1.47 bits per heavy atom. The Kier molecular flexibility index (Phi) is 2.95. The summed E-state index contributed by atoms with van der Waals surface area (Å²) in [5.74, 6) is 1.09. The van der Waals surface area contributed by atoms with Crippen LogP contribution in [0, 0.1) is 0 Å². The minimum atomic E-state index is 0.246. The molecule has 1 aromatic heterocycles. The van der Waals surface area contributed by atoms with Gasteiger partial charge in [0, 0.05) is 18.7 Å². The molecule has 2 rings (SSSR count). The Morgan fingerprint density at radius 2 is 2.27 bits per heavy atom. The van der Waals surface area contributed by atoms with E-state index in [2.05, 4.69) is 21.8 Å². The van der Waals surface area contributed by atoms with Crippen molar-refractivity contribution in [1.82, 2.24) is 9.97 Å². The summed E-state index contributed by atoms with van der Waals surface area (Å²) in [4.78, 5) is 10.3. The maximum Gasteiger partial charge on any atom is 0.223 e. The predicted molar refractivity (Wildman–Crippen MR) is 62.1 cm³/mol. The van der Waals surface area contributed by atoms with Gasteiger partial charge < -0.3 is 10.6 Å². The normalized spacial score (nSPS) is 21.7. The average Bonchev–Trinajstić information content (AvgIpc) is 2.16. The Labute approximate surface area is 94.5 Å². The summed E-state index contributed by atoms with van der Waals surface area (Å²) in [5.41, 5.74) is 5.58. The largest absolute Gasteiger partial charge is 0.368 e. The molecule has 15 heavy (non-hydrogen) atoms. The summed E-state index contributed by atoms with van der Waals surface area (Å²) in [6, 6.07) is 2.28. The van der Waals surface area contributed by atoms with E-state index in [0.29, 0.717) is 11.2 Å². The molecule has 1 aliphatic rings. The lowest BCUT2D eigenvalue weighted by molar-refractivity contribution is 0.481. The van der Waals surface area contributed by atoms with Crippen LogP contribution in [0.25, 0.3) is 0 Å². The van der Waals surface area contributed by atoms with Gasteiger partial charge in [-0.3, -0.25) is 0 Å². The van der Waals surface area contributed by atoms with Crippen molar-refractivity contribution < 1.29 is 0 Å². The Bertz CT molecular complexity index is 335. The van der Waals surface area contributed by atoms with Gasteiger partial charge in [-0.1, -0.05) is 11.6 Å². The quantitative estimate of drug-likeness (QED) is 0.745. The number of hydrogen-bond donors (Lipinski definition) is 1. The van der Waals surface area contributed by atoms with Crippen LogP contribution in [0.3, 0.4) is 0 Å². The van der Waals surface area contributed by atoms with E-state index in [1.54, 1.807) is 6.07 Å². The van der Waals surface area contributed by atoms with Gasteiger partial charge in [0.05, 0.1) is 0 Å². The number of rotatable bonds is 1. The van der Waals surface area contributed by atoms with Crippen molar-refractivity contribution in [3.05, 3.63) is 11.2 Å². The first-order valence-electron chi connectivity index (χ1n) is 5.23. The second kappa shape index (κ2) is 4.23. The van der Waals surface area contributed by atoms with Crippen LogP contribution in [0.1, 0.15) is 26.2 Å². The molecule has 0 spiro atoms. The SMILES string of the molecule is CC1CCCCN1c1cc(Cl)nc(N)n1. The van der Waals surface area contributed by atoms with E-state index in [1.165, 1.54) is 19.3 Å². The van der Waals surface area contributed by atoms with Crippen LogP contribution in [-0.4, -0.2) is 22.6 Å². The van der Waals surface area contributed by atoms with Crippen molar-refractivity contribution in [2.24, 2.45) is 0 Å². The van der Waals surface area contributed by atoms with Crippen LogP contribution in [-0.2, 0) is 0 Å². The number of nitrogens with two attached hydrogens (primary N) is 1. The average molecular weight is 227 g/mol. The predicted octanol–water partition coefficient (Wildman–Crippen LogP) is 2.09. The third-order valence-corrected chi connectivity index (χ3v) is 2.99. The molecule has 2 N–H and O–H groups in total. The summed E-state index contributed by atoms with van der Waals surface area (Å²) in [7, 11) is 0. The molecule has 0 radical (unpaired) electrons. The molecule has 4 nitrogen and oxygen atoms in total. The first-order valence-corrected chi connectivity index (χ1v) is 5.61. The second-order valence-electron chi connectivity index (χ2n) is 3.95. The van der Waals surface area contributed by atoms with Crippen LogP contribution in [0.15, 0.2) is 6.07 Å². The molecule has 1 atom stereocenters. The molecule has 5 heteroatoms. The minimum absolute atomic E-state index is 0.246. The number of halogens is 1. The lowest BCUT2D eigenvalue weighted by atomic mass is 10.0. The van der Waals surface area contributed by atoms with Gasteiger partial charge in [-0.25, -0.2) is 4.98 Å². The number of piperidine rings is 1. The molecule has 0 aromatic carbocycles. The standard InChI is InChI=1S/C10H15ClN4/c1-7-4-2-3-5-15(7)9-6-8(11)13-10(12)14-9/h6-7H,2-5H2,1H3,(H2,12,13,14). The molecule has 82 valence electrons. The van der Waals surface area contributed by atoms with E-state index < -0.39 is 0 Å². The number of anilines is 2. The first-order chi connectivity index (χ1) is 7.16. The van der Waals surface area contributed by atoms with Crippen LogP contribution in [0.5, 0.6) is 0 Å². The summed E-state index contributed by atoms with van der Waals surface area (Å²) < 4.78 is 0. The summed E-state index contributed by atoms with van der Waals surface area (Å²) in [5, 5.41) is 0.412. The molecule has 0 aliphatic carbocycles. The highest BCUT2D eigenvalue weighted by molar-refractivity contribution is 6.29. The molecule has 0 bridgehead atoms. The van der Waals surface area contributed by atoms with Gasteiger partial charge in [0.1, 0.15) is 11.0 Å². The number of hydrogen-bond acceptors (Lipinski definition) is 4. The lowest BCUT2D eigenvalue weighted by Crippen LogP contribution is -2.38. The minimum Gasteiger partial charge on any atom is -0.368 e. The van der Waals surface area contributed by atoms with Crippen molar-refractivity contribution in [3.63, 3.8) is 0 Å². The maximum absolute atomic E-state index is 5.86. The fourth-order valence-corrected chi connectivity index (χ4v) is 2.19. The summed E-state index contributed by atoms with van der Waals surface area (Å²) in [6.45, 7) is 3.22. The smallest absolute Gasteiger partial charge is 0.223 e. The second-order valence-corrected chi connectivity index (χ2v) is 4.33. The van der Waals surface area contributed by atoms with Crippen molar-refractivity contribution in [1.29, 1.82) is 0 Å².